The molecule has 0 saturated carbocycles. The molecule has 21 heavy (non-hydrogen) atoms. The van der Waals surface area contributed by atoms with Crippen molar-refractivity contribution in [1.82, 2.24) is 15.1 Å². The third-order valence-electron chi connectivity index (χ3n) is 3.57. The van der Waals surface area contributed by atoms with Gasteiger partial charge in [-0.25, -0.2) is 4.39 Å². The van der Waals surface area contributed by atoms with Crippen molar-refractivity contribution >= 4 is 11.0 Å². The first-order valence-corrected chi connectivity index (χ1v) is 7.01. The van der Waals surface area contributed by atoms with E-state index in [0.717, 1.165) is 23.2 Å². The zero-order valence-electron chi connectivity index (χ0n) is 12.4. The SMILES string of the molecule is CCNC(c1cc2cccc(F)c2o1)c1cn(C)nc1C. The van der Waals surface area contributed by atoms with Gasteiger partial charge in [-0.15, -0.1) is 0 Å². The van der Waals surface area contributed by atoms with Crippen LogP contribution in [0.5, 0.6) is 0 Å². The fourth-order valence-electron chi connectivity index (χ4n) is 2.66. The highest BCUT2D eigenvalue weighted by molar-refractivity contribution is 5.78. The minimum Gasteiger partial charge on any atom is -0.456 e. The van der Waals surface area contributed by atoms with Gasteiger partial charge in [0.1, 0.15) is 5.76 Å². The molecule has 5 heteroatoms. The Balaban J connectivity index is 2.11. The Morgan fingerprint density at radius 3 is 2.86 bits per heavy atom. The number of fused-ring (bicyclic) bond motifs is 1. The summed E-state index contributed by atoms with van der Waals surface area (Å²) in [6, 6.07) is 6.71. The molecule has 3 aromatic rings. The number of benzene rings is 1. The van der Waals surface area contributed by atoms with Gasteiger partial charge in [-0.05, 0) is 25.6 Å². The van der Waals surface area contributed by atoms with Gasteiger partial charge in [-0.3, -0.25) is 4.68 Å². The van der Waals surface area contributed by atoms with Crippen LogP contribution < -0.4 is 5.32 Å². The van der Waals surface area contributed by atoms with Gasteiger partial charge < -0.3 is 9.73 Å². The molecule has 2 aromatic heterocycles. The lowest BCUT2D eigenvalue weighted by Gasteiger charge is -2.14. The van der Waals surface area contributed by atoms with Crippen molar-refractivity contribution in [3.8, 4) is 0 Å². The summed E-state index contributed by atoms with van der Waals surface area (Å²) in [5.41, 5.74) is 2.28. The van der Waals surface area contributed by atoms with Gasteiger partial charge in [-0.2, -0.15) is 5.10 Å². The molecule has 4 nitrogen and oxygen atoms in total. The average Bonchev–Trinajstić information content (AvgIpc) is 3.00. The minimum absolute atomic E-state index is 0.129. The molecule has 0 fully saturated rings. The molecule has 0 saturated heterocycles. The van der Waals surface area contributed by atoms with Crippen LogP contribution in [0.3, 0.4) is 0 Å². The van der Waals surface area contributed by atoms with Crippen LogP contribution in [0.15, 0.2) is 34.9 Å². The van der Waals surface area contributed by atoms with Crippen molar-refractivity contribution in [1.29, 1.82) is 0 Å². The summed E-state index contributed by atoms with van der Waals surface area (Å²) >= 11 is 0. The second-order valence-electron chi connectivity index (χ2n) is 5.14. The van der Waals surface area contributed by atoms with E-state index in [0.29, 0.717) is 11.3 Å². The summed E-state index contributed by atoms with van der Waals surface area (Å²) in [4.78, 5) is 0. The predicted octanol–water partition coefficient (Wildman–Crippen LogP) is 3.31. The molecular formula is C16H18FN3O. The lowest BCUT2D eigenvalue weighted by molar-refractivity contribution is 0.464. The number of hydrogen-bond donors (Lipinski definition) is 1. The Bertz CT molecular complexity index is 775. The maximum absolute atomic E-state index is 13.8. The van der Waals surface area contributed by atoms with E-state index in [2.05, 4.69) is 10.4 Å². The van der Waals surface area contributed by atoms with E-state index in [4.69, 9.17) is 4.42 Å². The molecule has 0 aliphatic rings. The van der Waals surface area contributed by atoms with Gasteiger partial charge in [0.25, 0.3) is 0 Å². The summed E-state index contributed by atoms with van der Waals surface area (Å²) in [7, 11) is 1.89. The Morgan fingerprint density at radius 1 is 1.43 bits per heavy atom. The largest absolute Gasteiger partial charge is 0.456 e. The van der Waals surface area contributed by atoms with Crippen molar-refractivity contribution in [3.63, 3.8) is 0 Å². The lowest BCUT2D eigenvalue weighted by Crippen LogP contribution is -2.21. The topological polar surface area (TPSA) is 43.0 Å². The number of aromatic nitrogens is 2. The molecule has 110 valence electrons. The Hall–Kier alpha value is -2.14. The number of para-hydroxylation sites is 1. The average molecular weight is 287 g/mol. The van der Waals surface area contributed by atoms with E-state index in [9.17, 15) is 4.39 Å². The van der Waals surface area contributed by atoms with Gasteiger partial charge in [0, 0.05) is 24.2 Å². The van der Waals surface area contributed by atoms with E-state index < -0.39 is 0 Å². The quantitative estimate of drug-likeness (QED) is 0.800. The van der Waals surface area contributed by atoms with Crippen LogP contribution in [-0.2, 0) is 7.05 Å². The lowest BCUT2D eigenvalue weighted by atomic mass is 10.1. The van der Waals surface area contributed by atoms with E-state index in [1.54, 1.807) is 10.7 Å². The zero-order chi connectivity index (χ0) is 15.0. The second-order valence-corrected chi connectivity index (χ2v) is 5.14. The van der Waals surface area contributed by atoms with Crippen LogP contribution in [0.4, 0.5) is 4.39 Å². The molecule has 1 N–H and O–H groups in total. The summed E-state index contributed by atoms with van der Waals surface area (Å²) in [5, 5.41) is 8.53. The number of aryl methyl sites for hydroxylation is 2. The number of hydrogen-bond acceptors (Lipinski definition) is 3. The predicted molar refractivity (Wildman–Crippen MR) is 79.6 cm³/mol. The first kappa shape index (κ1) is 13.8. The summed E-state index contributed by atoms with van der Waals surface area (Å²) in [5.74, 6) is 0.366. The smallest absolute Gasteiger partial charge is 0.169 e. The molecule has 0 amide bonds. The number of rotatable bonds is 4. The molecule has 0 radical (unpaired) electrons. The second kappa shape index (κ2) is 5.33. The highest BCUT2D eigenvalue weighted by Crippen LogP contribution is 2.30. The normalized spacial score (nSPS) is 13.0. The summed E-state index contributed by atoms with van der Waals surface area (Å²) < 4.78 is 21.3. The van der Waals surface area contributed by atoms with Crippen molar-refractivity contribution in [2.75, 3.05) is 6.54 Å². The maximum atomic E-state index is 13.8. The molecule has 1 unspecified atom stereocenters. The molecule has 1 atom stereocenters. The standard InChI is InChI=1S/C16H18FN3O/c1-4-18-15(12-9-20(3)19-10(12)2)14-8-11-6-5-7-13(17)16(11)21-14/h5-9,15,18H,4H2,1-3H3. The third kappa shape index (κ3) is 2.45. The number of nitrogens with one attached hydrogen (secondary N) is 1. The van der Waals surface area contributed by atoms with Crippen LogP contribution >= 0.6 is 0 Å². The van der Waals surface area contributed by atoms with E-state index in [-0.39, 0.29) is 11.9 Å². The Labute approximate surface area is 122 Å². The molecule has 3 rings (SSSR count). The van der Waals surface area contributed by atoms with Crippen LogP contribution in [0.1, 0.15) is 30.0 Å². The van der Waals surface area contributed by atoms with Crippen molar-refractivity contribution in [2.24, 2.45) is 7.05 Å². The summed E-state index contributed by atoms with van der Waals surface area (Å²) in [6.45, 7) is 4.77. The van der Waals surface area contributed by atoms with Gasteiger partial charge in [0.15, 0.2) is 11.4 Å². The van der Waals surface area contributed by atoms with E-state index >= 15 is 0 Å². The van der Waals surface area contributed by atoms with Crippen molar-refractivity contribution in [3.05, 3.63) is 53.3 Å². The van der Waals surface area contributed by atoms with Crippen molar-refractivity contribution < 1.29 is 8.81 Å². The fraction of sp³-hybridized carbons (Fsp3) is 0.312. The molecule has 0 aliphatic heterocycles. The maximum Gasteiger partial charge on any atom is 0.169 e. The van der Waals surface area contributed by atoms with Gasteiger partial charge in [-0.1, -0.05) is 19.1 Å². The fourth-order valence-corrected chi connectivity index (χ4v) is 2.66. The number of halogens is 1. The van der Waals surface area contributed by atoms with Crippen molar-refractivity contribution in [2.45, 2.75) is 19.9 Å². The summed E-state index contributed by atoms with van der Waals surface area (Å²) in [6.07, 6.45) is 1.96. The van der Waals surface area contributed by atoms with Crippen LogP contribution in [0.25, 0.3) is 11.0 Å². The van der Waals surface area contributed by atoms with Gasteiger partial charge in [0.05, 0.1) is 11.7 Å². The molecule has 0 bridgehead atoms. The van der Waals surface area contributed by atoms with E-state index in [1.807, 2.05) is 39.2 Å². The Kier molecular flexibility index (Phi) is 3.51. The van der Waals surface area contributed by atoms with Gasteiger partial charge in [0.2, 0.25) is 0 Å². The van der Waals surface area contributed by atoms with Crippen LogP contribution in [0.2, 0.25) is 0 Å². The van der Waals surface area contributed by atoms with Gasteiger partial charge >= 0.3 is 0 Å². The first-order valence-electron chi connectivity index (χ1n) is 7.01. The van der Waals surface area contributed by atoms with Crippen LogP contribution in [0, 0.1) is 12.7 Å². The molecule has 0 spiro atoms. The zero-order valence-corrected chi connectivity index (χ0v) is 12.4. The number of furan rings is 1. The van der Waals surface area contributed by atoms with E-state index in [1.165, 1.54) is 6.07 Å². The van der Waals surface area contributed by atoms with Crippen LogP contribution in [-0.4, -0.2) is 16.3 Å². The molecular weight excluding hydrogens is 269 g/mol. The minimum atomic E-state index is -0.336. The molecule has 1 aromatic carbocycles. The highest BCUT2D eigenvalue weighted by Gasteiger charge is 2.22. The molecule has 2 heterocycles. The number of nitrogens with zero attached hydrogens (tertiary/aromatic N) is 2. The Morgan fingerprint density at radius 2 is 2.24 bits per heavy atom. The molecule has 0 aliphatic carbocycles. The third-order valence-corrected chi connectivity index (χ3v) is 3.57. The highest BCUT2D eigenvalue weighted by atomic mass is 19.1. The first-order chi connectivity index (χ1) is 10.1. The monoisotopic (exact) mass is 287 g/mol.